The molecule has 0 unspecified atom stereocenters. The molecule has 1 aromatic carbocycles. The third kappa shape index (κ3) is 3.01. The monoisotopic (exact) mass is 300 g/mol. The molecule has 0 bridgehead atoms. The van der Waals surface area contributed by atoms with Gasteiger partial charge >= 0.3 is 0 Å². The fourth-order valence-electron chi connectivity index (χ4n) is 2.50. The van der Waals surface area contributed by atoms with Crippen molar-refractivity contribution in [2.45, 2.75) is 26.4 Å². The van der Waals surface area contributed by atoms with E-state index in [0.29, 0.717) is 25.4 Å². The van der Waals surface area contributed by atoms with Crippen LogP contribution in [0.25, 0.3) is 5.69 Å². The maximum atomic E-state index is 12.5. The summed E-state index contributed by atoms with van der Waals surface area (Å²) in [6, 6.07) is 7.93. The molecule has 1 amide bonds. The third-order valence-corrected chi connectivity index (χ3v) is 3.89. The summed E-state index contributed by atoms with van der Waals surface area (Å²) >= 11 is 0. The Balaban J connectivity index is 1.75. The first-order valence-corrected chi connectivity index (χ1v) is 7.57. The molecule has 116 valence electrons. The second-order valence-corrected chi connectivity index (χ2v) is 5.54. The molecule has 6 heteroatoms. The highest BCUT2D eigenvalue weighted by Crippen LogP contribution is 2.13. The van der Waals surface area contributed by atoms with E-state index in [1.165, 1.54) is 5.56 Å². The SMILES string of the molecule is CC[C@H]1CN(C(=O)c2cn(-c3ccc(C)cc3)nn2)CCO1. The zero-order valence-corrected chi connectivity index (χ0v) is 12.9. The first-order valence-electron chi connectivity index (χ1n) is 7.57. The Morgan fingerprint density at radius 3 is 2.86 bits per heavy atom. The summed E-state index contributed by atoms with van der Waals surface area (Å²) in [5.74, 6) is -0.0832. The molecule has 2 heterocycles. The number of benzene rings is 1. The number of hydrogen-bond acceptors (Lipinski definition) is 4. The zero-order valence-electron chi connectivity index (χ0n) is 12.9. The Bertz CT molecular complexity index is 650. The van der Waals surface area contributed by atoms with Crippen LogP contribution in [0.5, 0.6) is 0 Å². The van der Waals surface area contributed by atoms with Gasteiger partial charge in [-0.25, -0.2) is 4.68 Å². The lowest BCUT2D eigenvalue weighted by Gasteiger charge is -2.31. The van der Waals surface area contributed by atoms with Crippen LogP contribution in [0.1, 0.15) is 29.4 Å². The first-order chi connectivity index (χ1) is 10.7. The lowest BCUT2D eigenvalue weighted by molar-refractivity contribution is -0.0228. The number of carbonyl (C=O) groups is 1. The molecule has 0 aliphatic carbocycles. The molecule has 0 spiro atoms. The minimum absolute atomic E-state index is 0.0832. The molecule has 2 aromatic rings. The molecule has 0 radical (unpaired) electrons. The van der Waals surface area contributed by atoms with Crippen LogP contribution in [0.15, 0.2) is 30.5 Å². The number of aromatic nitrogens is 3. The number of morpholine rings is 1. The van der Waals surface area contributed by atoms with Crippen molar-refractivity contribution in [2.24, 2.45) is 0 Å². The second-order valence-electron chi connectivity index (χ2n) is 5.54. The molecule has 22 heavy (non-hydrogen) atoms. The van der Waals surface area contributed by atoms with Gasteiger partial charge in [-0.1, -0.05) is 29.8 Å². The summed E-state index contributed by atoms with van der Waals surface area (Å²) in [6.07, 6.45) is 2.70. The van der Waals surface area contributed by atoms with E-state index < -0.39 is 0 Å². The van der Waals surface area contributed by atoms with Crippen LogP contribution >= 0.6 is 0 Å². The largest absolute Gasteiger partial charge is 0.375 e. The molecule has 0 N–H and O–H groups in total. The van der Waals surface area contributed by atoms with Gasteiger partial charge < -0.3 is 9.64 Å². The predicted molar refractivity (Wildman–Crippen MR) is 82.0 cm³/mol. The fraction of sp³-hybridized carbons (Fsp3) is 0.438. The van der Waals surface area contributed by atoms with Crippen molar-refractivity contribution < 1.29 is 9.53 Å². The van der Waals surface area contributed by atoms with Crippen molar-refractivity contribution in [1.29, 1.82) is 0 Å². The summed E-state index contributed by atoms with van der Waals surface area (Å²) in [7, 11) is 0. The van der Waals surface area contributed by atoms with Gasteiger partial charge in [0.25, 0.3) is 5.91 Å². The molecule has 0 saturated carbocycles. The molecule has 1 aromatic heterocycles. The highest BCUT2D eigenvalue weighted by atomic mass is 16.5. The van der Waals surface area contributed by atoms with Crippen molar-refractivity contribution >= 4 is 5.91 Å². The highest BCUT2D eigenvalue weighted by molar-refractivity contribution is 5.92. The minimum Gasteiger partial charge on any atom is -0.375 e. The van der Waals surface area contributed by atoms with Crippen LogP contribution < -0.4 is 0 Å². The zero-order chi connectivity index (χ0) is 15.5. The maximum absolute atomic E-state index is 12.5. The standard InChI is InChI=1S/C16H20N4O2/c1-3-14-10-19(8-9-22-14)16(21)15-11-20(18-17-15)13-6-4-12(2)5-7-13/h4-7,11,14H,3,8-10H2,1-2H3/t14-/m0/s1. The van der Waals surface area contributed by atoms with Gasteiger partial charge in [-0.3, -0.25) is 4.79 Å². The van der Waals surface area contributed by atoms with Gasteiger partial charge in [0.05, 0.1) is 24.6 Å². The lowest BCUT2D eigenvalue weighted by Crippen LogP contribution is -2.45. The molecule has 3 rings (SSSR count). The van der Waals surface area contributed by atoms with Gasteiger partial charge in [-0.15, -0.1) is 5.10 Å². The Labute approximate surface area is 129 Å². The summed E-state index contributed by atoms with van der Waals surface area (Å²) in [5.41, 5.74) is 2.45. The number of aryl methyl sites for hydroxylation is 1. The van der Waals surface area contributed by atoms with Gasteiger partial charge in [0.1, 0.15) is 0 Å². The predicted octanol–water partition coefficient (Wildman–Crippen LogP) is 1.83. The molecule has 1 atom stereocenters. The number of rotatable bonds is 3. The van der Waals surface area contributed by atoms with Crippen LogP contribution in [-0.4, -0.2) is 51.6 Å². The van der Waals surface area contributed by atoms with E-state index in [1.54, 1.807) is 15.8 Å². The van der Waals surface area contributed by atoms with Crippen molar-refractivity contribution in [3.63, 3.8) is 0 Å². The molecule has 6 nitrogen and oxygen atoms in total. The van der Waals surface area contributed by atoms with Crippen LogP contribution in [0, 0.1) is 6.92 Å². The number of ether oxygens (including phenoxy) is 1. The second kappa shape index (κ2) is 6.27. The van der Waals surface area contributed by atoms with Crippen molar-refractivity contribution in [1.82, 2.24) is 19.9 Å². The number of carbonyl (C=O) groups excluding carboxylic acids is 1. The maximum Gasteiger partial charge on any atom is 0.276 e. The summed E-state index contributed by atoms with van der Waals surface area (Å²) < 4.78 is 7.22. The Hall–Kier alpha value is -2.21. The summed E-state index contributed by atoms with van der Waals surface area (Å²) in [4.78, 5) is 14.3. The van der Waals surface area contributed by atoms with E-state index in [0.717, 1.165) is 12.1 Å². The van der Waals surface area contributed by atoms with Crippen LogP contribution in [0.3, 0.4) is 0 Å². The third-order valence-electron chi connectivity index (χ3n) is 3.89. The lowest BCUT2D eigenvalue weighted by atomic mass is 10.2. The Kier molecular flexibility index (Phi) is 4.20. The molecule has 1 saturated heterocycles. The number of nitrogens with zero attached hydrogens (tertiary/aromatic N) is 4. The smallest absolute Gasteiger partial charge is 0.276 e. The van der Waals surface area contributed by atoms with E-state index in [-0.39, 0.29) is 12.0 Å². The average molecular weight is 300 g/mol. The molecular formula is C16H20N4O2. The van der Waals surface area contributed by atoms with Gasteiger partial charge in [0.15, 0.2) is 5.69 Å². The highest BCUT2D eigenvalue weighted by Gasteiger charge is 2.25. The first kappa shape index (κ1) is 14.7. The van der Waals surface area contributed by atoms with Crippen molar-refractivity contribution in [3.05, 3.63) is 41.7 Å². The molecular weight excluding hydrogens is 280 g/mol. The average Bonchev–Trinajstić information content (AvgIpc) is 3.05. The van der Waals surface area contributed by atoms with Gasteiger partial charge in [-0.05, 0) is 25.5 Å². The topological polar surface area (TPSA) is 60.2 Å². The van der Waals surface area contributed by atoms with Gasteiger partial charge in [0.2, 0.25) is 0 Å². The summed E-state index contributed by atoms with van der Waals surface area (Å²) in [6.45, 7) is 5.89. The van der Waals surface area contributed by atoms with Crippen molar-refractivity contribution in [2.75, 3.05) is 19.7 Å². The number of amides is 1. The fourth-order valence-corrected chi connectivity index (χ4v) is 2.50. The summed E-state index contributed by atoms with van der Waals surface area (Å²) in [5, 5.41) is 8.08. The minimum atomic E-state index is -0.0832. The van der Waals surface area contributed by atoms with Crippen LogP contribution in [0.4, 0.5) is 0 Å². The quantitative estimate of drug-likeness (QED) is 0.867. The molecule has 1 fully saturated rings. The van der Waals surface area contributed by atoms with Crippen molar-refractivity contribution in [3.8, 4) is 5.69 Å². The van der Waals surface area contributed by atoms with Gasteiger partial charge in [-0.2, -0.15) is 0 Å². The van der Waals surface area contributed by atoms with E-state index in [4.69, 9.17) is 4.74 Å². The normalized spacial score (nSPS) is 18.5. The van der Waals surface area contributed by atoms with E-state index in [2.05, 4.69) is 17.2 Å². The van der Waals surface area contributed by atoms with E-state index in [9.17, 15) is 4.79 Å². The van der Waals surface area contributed by atoms with Gasteiger partial charge in [0, 0.05) is 13.1 Å². The van der Waals surface area contributed by atoms with E-state index in [1.807, 2.05) is 31.2 Å². The van der Waals surface area contributed by atoms with Crippen LogP contribution in [-0.2, 0) is 4.74 Å². The molecule has 1 aliphatic heterocycles. The van der Waals surface area contributed by atoms with E-state index >= 15 is 0 Å². The Morgan fingerprint density at radius 2 is 2.14 bits per heavy atom. The molecule has 1 aliphatic rings. The number of hydrogen-bond donors (Lipinski definition) is 0. The van der Waals surface area contributed by atoms with Crippen LogP contribution in [0.2, 0.25) is 0 Å². The Morgan fingerprint density at radius 1 is 1.36 bits per heavy atom.